The maximum atomic E-state index is 3.63. The highest BCUT2D eigenvalue weighted by Crippen LogP contribution is 2.06. The van der Waals surface area contributed by atoms with Gasteiger partial charge >= 0.3 is 0 Å². The van der Waals surface area contributed by atoms with Crippen molar-refractivity contribution in [2.45, 2.75) is 39.0 Å². The zero-order chi connectivity index (χ0) is 15.9. The average Bonchev–Trinajstić information content (AvgIpc) is 2.60. The first kappa shape index (κ1) is 18.0. The molecule has 0 amide bonds. The first-order valence-electron chi connectivity index (χ1n) is 8.26. The standard InChI is InChI=1S/C14H20.C8H8/c1-2-3-4-5-6-8-11-14-12-9-7-10-13-14;1-2-8-6-4-3-5-7-8/h7-13H,2-6H2,1H3;2-7H,1H2. The monoisotopic (exact) mass is 292 g/mol. The Kier molecular flexibility index (Phi) is 10.3. The number of rotatable bonds is 7. The van der Waals surface area contributed by atoms with Crippen LogP contribution in [-0.4, -0.2) is 0 Å². The minimum absolute atomic E-state index is 1.17. The summed E-state index contributed by atoms with van der Waals surface area (Å²) in [5.74, 6) is 0. The zero-order valence-electron chi connectivity index (χ0n) is 13.7. The van der Waals surface area contributed by atoms with Gasteiger partial charge in [0.05, 0.1) is 0 Å². The highest BCUT2D eigenvalue weighted by atomic mass is 13.9. The topological polar surface area (TPSA) is 0 Å². The van der Waals surface area contributed by atoms with Gasteiger partial charge in [-0.3, -0.25) is 0 Å². The molecule has 2 aromatic carbocycles. The van der Waals surface area contributed by atoms with Crippen LogP contribution < -0.4 is 0 Å². The van der Waals surface area contributed by atoms with Crippen LogP contribution in [0, 0.1) is 0 Å². The van der Waals surface area contributed by atoms with E-state index in [1.807, 2.05) is 36.4 Å². The summed E-state index contributed by atoms with van der Waals surface area (Å²) in [7, 11) is 0. The highest BCUT2D eigenvalue weighted by Gasteiger charge is 1.85. The summed E-state index contributed by atoms with van der Waals surface area (Å²) in [6.07, 6.45) is 12.9. The van der Waals surface area contributed by atoms with Crippen molar-refractivity contribution >= 4 is 12.2 Å². The molecular formula is C22H28. The van der Waals surface area contributed by atoms with E-state index in [9.17, 15) is 0 Å². The van der Waals surface area contributed by atoms with Gasteiger partial charge in [-0.1, -0.05) is 112 Å². The van der Waals surface area contributed by atoms with E-state index in [2.05, 4.69) is 56.0 Å². The van der Waals surface area contributed by atoms with Crippen LogP contribution in [0.25, 0.3) is 12.2 Å². The fourth-order valence-corrected chi connectivity index (χ4v) is 2.06. The molecule has 0 atom stereocenters. The Morgan fingerprint density at radius 1 is 0.773 bits per heavy atom. The summed E-state index contributed by atoms with van der Waals surface area (Å²) in [6.45, 7) is 5.88. The summed E-state index contributed by atoms with van der Waals surface area (Å²) in [4.78, 5) is 0. The molecule has 0 N–H and O–H groups in total. The van der Waals surface area contributed by atoms with Crippen LogP contribution in [0.15, 0.2) is 73.3 Å². The lowest BCUT2D eigenvalue weighted by Gasteiger charge is -1.94. The molecule has 0 saturated heterocycles. The molecule has 0 saturated carbocycles. The molecular weight excluding hydrogens is 264 g/mol. The van der Waals surface area contributed by atoms with Crippen molar-refractivity contribution in [3.8, 4) is 0 Å². The molecule has 0 aromatic heterocycles. The largest absolute Gasteiger partial charge is 0.0985 e. The predicted octanol–water partition coefficient (Wildman–Crippen LogP) is 7.00. The molecule has 0 bridgehead atoms. The SMILES string of the molecule is C=Cc1ccccc1.CCCCCCC=Cc1ccccc1. The average molecular weight is 292 g/mol. The van der Waals surface area contributed by atoms with E-state index in [4.69, 9.17) is 0 Å². The van der Waals surface area contributed by atoms with Crippen LogP contribution in [-0.2, 0) is 0 Å². The van der Waals surface area contributed by atoms with Gasteiger partial charge in [0, 0.05) is 0 Å². The molecule has 0 heteroatoms. The Morgan fingerprint density at radius 2 is 1.36 bits per heavy atom. The molecule has 116 valence electrons. The predicted molar refractivity (Wildman–Crippen MR) is 101 cm³/mol. The Hall–Kier alpha value is -2.08. The fourth-order valence-electron chi connectivity index (χ4n) is 2.06. The summed E-state index contributed by atoms with van der Waals surface area (Å²) in [5.41, 5.74) is 2.48. The molecule has 22 heavy (non-hydrogen) atoms. The lowest BCUT2D eigenvalue weighted by Crippen LogP contribution is -1.74. The number of hydrogen-bond acceptors (Lipinski definition) is 0. The number of allylic oxidation sites excluding steroid dienone is 1. The fraction of sp³-hybridized carbons (Fsp3) is 0.273. The van der Waals surface area contributed by atoms with Gasteiger partial charge in [-0.15, -0.1) is 0 Å². The Bertz CT molecular complexity index is 508. The molecule has 0 fully saturated rings. The van der Waals surface area contributed by atoms with E-state index in [1.54, 1.807) is 0 Å². The zero-order valence-corrected chi connectivity index (χ0v) is 13.7. The van der Waals surface area contributed by atoms with Gasteiger partial charge in [-0.25, -0.2) is 0 Å². The lowest BCUT2D eigenvalue weighted by atomic mass is 10.1. The van der Waals surface area contributed by atoms with Gasteiger partial charge < -0.3 is 0 Å². The molecule has 0 aliphatic heterocycles. The van der Waals surface area contributed by atoms with Gasteiger partial charge in [-0.2, -0.15) is 0 Å². The molecule has 0 heterocycles. The van der Waals surface area contributed by atoms with Crippen molar-refractivity contribution in [1.29, 1.82) is 0 Å². The van der Waals surface area contributed by atoms with Crippen molar-refractivity contribution in [2.75, 3.05) is 0 Å². The van der Waals surface area contributed by atoms with Crippen LogP contribution in [0.5, 0.6) is 0 Å². The van der Waals surface area contributed by atoms with Crippen LogP contribution >= 0.6 is 0 Å². The van der Waals surface area contributed by atoms with E-state index in [0.717, 1.165) is 0 Å². The maximum absolute atomic E-state index is 3.63. The quantitative estimate of drug-likeness (QED) is 0.482. The maximum Gasteiger partial charge on any atom is -0.0260 e. The van der Waals surface area contributed by atoms with Crippen LogP contribution in [0.3, 0.4) is 0 Å². The van der Waals surface area contributed by atoms with E-state index in [0.29, 0.717) is 0 Å². The summed E-state index contributed by atoms with van der Waals surface area (Å²) in [5, 5.41) is 0. The van der Waals surface area contributed by atoms with Crippen LogP contribution in [0.2, 0.25) is 0 Å². The lowest BCUT2D eigenvalue weighted by molar-refractivity contribution is 0.675. The van der Waals surface area contributed by atoms with Gasteiger partial charge in [0.1, 0.15) is 0 Å². The van der Waals surface area contributed by atoms with Crippen molar-refractivity contribution < 1.29 is 0 Å². The Labute approximate surface area is 136 Å². The molecule has 2 aromatic rings. The van der Waals surface area contributed by atoms with Gasteiger partial charge in [-0.05, 0) is 24.0 Å². The first-order valence-corrected chi connectivity index (χ1v) is 8.26. The molecule has 0 aliphatic carbocycles. The van der Waals surface area contributed by atoms with Crippen molar-refractivity contribution in [1.82, 2.24) is 0 Å². The van der Waals surface area contributed by atoms with E-state index in [1.165, 1.54) is 43.2 Å². The number of unbranched alkanes of at least 4 members (excludes halogenated alkanes) is 4. The third-order valence-electron chi connectivity index (χ3n) is 3.37. The van der Waals surface area contributed by atoms with Gasteiger partial charge in [0.2, 0.25) is 0 Å². The second kappa shape index (κ2) is 12.6. The normalized spacial score (nSPS) is 10.0. The molecule has 0 nitrogen and oxygen atoms in total. The second-order valence-electron chi connectivity index (χ2n) is 5.28. The Balaban J connectivity index is 0.000000255. The highest BCUT2D eigenvalue weighted by molar-refractivity contribution is 5.48. The molecule has 0 unspecified atom stereocenters. The summed E-state index contributed by atoms with van der Waals surface area (Å²) < 4.78 is 0. The molecule has 0 aliphatic rings. The van der Waals surface area contributed by atoms with Crippen molar-refractivity contribution in [2.24, 2.45) is 0 Å². The van der Waals surface area contributed by atoms with Crippen molar-refractivity contribution in [3.05, 3.63) is 84.4 Å². The smallest absolute Gasteiger partial charge is 0.0260 e. The molecule has 0 spiro atoms. The third-order valence-corrected chi connectivity index (χ3v) is 3.37. The summed E-state index contributed by atoms with van der Waals surface area (Å²) >= 11 is 0. The van der Waals surface area contributed by atoms with Gasteiger partial charge in [0.15, 0.2) is 0 Å². The minimum Gasteiger partial charge on any atom is -0.0985 e. The summed E-state index contributed by atoms with van der Waals surface area (Å²) in [6, 6.07) is 20.5. The number of benzene rings is 2. The van der Waals surface area contributed by atoms with E-state index >= 15 is 0 Å². The van der Waals surface area contributed by atoms with Crippen LogP contribution in [0.1, 0.15) is 50.2 Å². The second-order valence-corrected chi connectivity index (χ2v) is 5.28. The van der Waals surface area contributed by atoms with Crippen molar-refractivity contribution in [3.63, 3.8) is 0 Å². The van der Waals surface area contributed by atoms with Crippen LogP contribution in [0.4, 0.5) is 0 Å². The number of hydrogen-bond donors (Lipinski definition) is 0. The molecule has 0 radical (unpaired) electrons. The van der Waals surface area contributed by atoms with E-state index < -0.39 is 0 Å². The van der Waals surface area contributed by atoms with Gasteiger partial charge in [0.25, 0.3) is 0 Å². The van der Waals surface area contributed by atoms with E-state index in [-0.39, 0.29) is 0 Å². The third kappa shape index (κ3) is 8.97. The molecule has 2 rings (SSSR count). The minimum atomic E-state index is 1.17. The Morgan fingerprint density at radius 3 is 1.86 bits per heavy atom. The first-order chi connectivity index (χ1) is 10.9.